The van der Waals surface area contributed by atoms with Crippen LogP contribution in [0.15, 0.2) is 12.1 Å². The van der Waals surface area contributed by atoms with Crippen molar-refractivity contribution in [3.63, 3.8) is 0 Å². The van der Waals surface area contributed by atoms with Gasteiger partial charge in [-0.05, 0) is 43.9 Å². The molecule has 0 spiro atoms. The van der Waals surface area contributed by atoms with E-state index in [4.69, 9.17) is 5.26 Å². The lowest BCUT2D eigenvalue weighted by molar-refractivity contribution is 0.386. The lowest BCUT2D eigenvalue weighted by Crippen LogP contribution is -2.43. The molecule has 0 aromatic heterocycles. The molecule has 0 saturated heterocycles. The molecule has 0 aliphatic heterocycles. The van der Waals surface area contributed by atoms with Crippen molar-refractivity contribution in [2.75, 3.05) is 13.6 Å². The summed E-state index contributed by atoms with van der Waals surface area (Å²) in [6.45, 7) is 5.57. The van der Waals surface area contributed by atoms with Crippen LogP contribution in [-0.2, 0) is 16.6 Å². The van der Waals surface area contributed by atoms with Crippen LogP contribution in [0.1, 0.15) is 30.0 Å². The normalized spacial score (nSPS) is 13.1. The van der Waals surface area contributed by atoms with Gasteiger partial charge in [0.2, 0.25) is 0 Å². The maximum absolute atomic E-state index is 12.1. The summed E-state index contributed by atoms with van der Waals surface area (Å²) in [6, 6.07) is 5.28. The van der Waals surface area contributed by atoms with Gasteiger partial charge < -0.3 is 5.11 Å². The summed E-state index contributed by atoms with van der Waals surface area (Å²) >= 11 is 0. The molecule has 1 aromatic carbocycles. The Kier molecular flexibility index (Phi) is 6.35. The SMILES string of the molecule is Cc1cc(CCNS(=O)(=O)N(C)C(C)CC#N)cc(C)c1O. The van der Waals surface area contributed by atoms with Gasteiger partial charge in [-0.15, -0.1) is 0 Å². The minimum absolute atomic E-state index is 0.147. The van der Waals surface area contributed by atoms with E-state index in [1.54, 1.807) is 6.92 Å². The fourth-order valence-corrected chi connectivity index (χ4v) is 3.23. The van der Waals surface area contributed by atoms with Gasteiger partial charge in [-0.3, -0.25) is 0 Å². The quantitative estimate of drug-likeness (QED) is 0.796. The predicted octanol–water partition coefficient (Wildman–Crippen LogP) is 1.62. The minimum Gasteiger partial charge on any atom is -0.507 e. The third kappa shape index (κ3) is 4.70. The van der Waals surface area contributed by atoms with Crippen molar-refractivity contribution in [3.05, 3.63) is 28.8 Å². The minimum atomic E-state index is -3.60. The molecule has 0 saturated carbocycles. The van der Waals surface area contributed by atoms with Crippen LogP contribution in [-0.4, -0.2) is 37.5 Å². The molecule has 0 fully saturated rings. The van der Waals surface area contributed by atoms with Gasteiger partial charge in [0.15, 0.2) is 0 Å². The number of benzene rings is 1. The number of nitriles is 1. The molecule has 6 nitrogen and oxygen atoms in total. The Hall–Kier alpha value is -1.62. The molecule has 7 heteroatoms. The van der Waals surface area contributed by atoms with Crippen molar-refractivity contribution >= 4 is 10.2 Å². The lowest BCUT2D eigenvalue weighted by Gasteiger charge is -2.22. The zero-order chi connectivity index (χ0) is 16.9. The Morgan fingerprint density at radius 3 is 2.41 bits per heavy atom. The van der Waals surface area contributed by atoms with Crippen LogP contribution >= 0.6 is 0 Å². The van der Waals surface area contributed by atoms with Gasteiger partial charge >= 0.3 is 0 Å². The first kappa shape index (κ1) is 18.4. The van der Waals surface area contributed by atoms with Crippen molar-refractivity contribution in [1.29, 1.82) is 5.26 Å². The molecule has 0 aliphatic rings. The second-order valence-corrected chi connectivity index (χ2v) is 7.27. The fourth-order valence-electron chi connectivity index (χ4n) is 2.11. The van der Waals surface area contributed by atoms with E-state index in [0.717, 1.165) is 16.7 Å². The molecule has 1 aromatic rings. The zero-order valence-electron chi connectivity index (χ0n) is 13.4. The second-order valence-electron chi connectivity index (χ2n) is 5.46. The van der Waals surface area contributed by atoms with Crippen LogP contribution in [0.25, 0.3) is 0 Å². The lowest BCUT2D eigenvalue weighted by atomic mass is 10.0. The largest absolute Gasteiger partial charge is 0.507 e. The number of rotatable bonds is 7. The Bertz CT molecular complexity index is 642. The summed E-state index contributed by atoms with van der Waals surface area (Å²) in [5.74, 6) is 0.273. The number of aromatic hydroxyl groups is 1. The molecule has 22 heavy (non-hydrogen) atoms. The van der Waals surface area contributed by atoms with E-state index in [0.29, 0.717) is 6.42 Å². The van der Waals surface area contributed by atoms with Crippen LogP contribution in [0.3, 0.4) is 0 Å². The number of phenolic OH excluding ortho intramolecular Hbond substituents is 1. The van der Waals surface area contributed by atoms with Gasteiger partial charge in [0.25, 0.3) is 10.2 Å². The Labute approximate surface area is 132 Å². The number of nitrogens with one attached hydrogen (secondary N) is 1. The van der Waals surface area contributed by atoms with Gasteiger partial charge in [0, 0.05) is 19.6 Å². The molecule has 2 N–H and O–H groups in total. The molecule has 0 bridgehead atoms. The number of hydrogen-bond acceptors (Lipinski definition) is 4. The first-order chi connectivity index (χ1) is 10.2. The standard InChI is InChI=1S/C15H23N3O3S/c1-11-9-14(10-12(2)15(11)19)6-8-17-22(20,21)18(4)13(3)5-7-16/h9-10,13,17,19H,5-6,8H2,1-4H3. The van der Waals surface area contributed by atoms with E-state index in [1.165, 1.54) is 11.4 Å². The number of aryl methyl sites for hydroxylation is 2. The van der Waals surface area contributed by atoms with Crippen LogP contribution in [0.4, 0.5) is 0 Å². The summed E-state index contributed by atoms with van der Waals surface area (Å²) in [5.41, 5.74) is 2.51. The average Bonchev–Trinajstić information content (AvgIpc) is 2.43. The predicted molar refractivity (Wildman–Crippen MR) is 85.7 cm³/mol. The Morgan fingerprint density at radius 2 is 1.91 bits per heavy atom. The van der Waals surface area contributed by atoms with Crippen LogP contribution in [0, 0.1) is 25.2 Å². The second kappa shape index (κ2) is 7.58. The van der Waals surface area contributed by atoms with E-state index in [-0.39, 0.29) is 24.8 Å². The number of hydrogen-bond donors (Lipinski definition) is 2. The summed E-state index contributed by atoms with van der Waals surface area (Å²) in [5, 5.41) is 18.4. The molecular formula is C15H23N3O3S. The third-order valence-electron chi connectivity index (χ3n) is 3.64. The first-order valence-corrected chi connectivity index (χ1v) is 8.51. The highest BCUT2D eigenvalue weighted by atomic mass is 32.2. The molecule has 1 unspecified atom stereocenters. The Balaban J connectivity index is 2.65. The highest BCUT2D eigenvalue weighted by Gasteiger charge is 2.22. The van der Waals surface area contributed by atoms with Crippen LogP contribution < -0.4 is 4.72 Å². The molecule has 0 aliphatic carbocycles. The highest BCUT2D eigenvalue weighted by Crippen LogP contribution is 2.23. The van der Waals surface area contributed by atoms with E-state index < -0.39 is 10.2 Å². The monoisotopic (exact) mass is 325 g/mol. The van der Waals surface area contributed by atoms with Crippen molar-refractivity contribution in [1.82, 2.24) is 9.03 Å². The summed E-state index contributed by atoms with van der Waals surface area (Å²) in [4.78, 5) is 0. The Morgan fingerprint density at radius 1 is 1.36 bits per heavy atom. The average molecular weight is 325 g/mol. The van der Waals surface area contributed by atoms with Crippen LogP contribution in [0.5, 0.6) is 5.75 Å². The summed E-state index contributed by atoms with van der Waals surface area (Å²) < 4.78 is 27.9. The van der Waals surface area contributed by atoms with Gasteiger partial charge in [0.1, 0.15) is 5.75 Å². The molecule has 0 radical (unpaired) electrons. The van der Waals surface area contributed by atoms with E-state index in [2.05, 4.69) is 4.72 Å². The topological polar surface area (TPSA) is 93.4 Å². The summed E-state index contributed by atoms with van der Waals surface area (Å²) in [7, 11) is -2.14. The zero-order valence-corrected chi connectivity index (χ0v) is 14.2. The van der Waals surface area contributed by atoms with E-state index in [1.807, 2.05) is 32.0 Å². The molecule has 0 amide bonds. The first-order valence-electron chi connectivity index (χ1n) is 7.07. The maximum Gasteiger partial charge on any atom is 0.279 e. The van der Waals surface area contributed by atoms with Gasteiger partial charge in [-0.1, -0.05) is 12.1 Å². The van der Waals surface area contributed by atoms with Crippen LogP contribution in [0.2, 0.25) is 0 Å². The van der Waals surface area contributed by atoms with E-state index >= 15 is 0 Å². The molecular weight excluding hydrogens is 302 g/mol. The van der Waals surface area contributed by atoms with Gasteiger partial charge in [-0.2, -0.15) is 18.0 Å². The molecule has 1 rings (SSSR count). The fraction of sp³-hybridized carbons (Fsp3) is 0.533. The highest BCUT2D eigenvalue weighted by molar-refractivity contribution is 7.87. The number of nitrogens with zero attached hydrogens (tertiary/aromatic N) is 2. The van der Waals surface area contributed by atoms with Crippen molar-refractivity contribution in [2.24, 2.45) is 0 Å². The van der Waals surface area contributed by atoms with Gasteiger partial charge in [-0.25, -0.2) is 4.72 Å². The van der Waals surface area contributed by atoms with Crippen molar-refractivity contribution < 1.29 is 13.5 Å². The van der Waals surface area contributed by atoms with Crippen molar-refractivity contribution in [2.45, 2.75) is 39.7 Å². The summed E-state index contributed by atoms with van der Waals surface area (Å²) in [6.07, 6.45) is 0.676. The molecule has 1 atom stereocenters. The maximum atomic E-state index is 12.1. The van der Waals surface area contributed by atoms with Crippen molar-refractivity contribution in [3.8, 4) is 11.8 Å². The smallest absolute Gasteiger partial charge is 0.279 e. The van der Waals surface area contributed by atoms with Gasteiger partial charge in [0.05, 0.1) is 12.5 Å². The third-order valence-corrected chi connectivity index (χ3v) is 5.32. The molecule has 122 valence electrons. The van der Waals surface area contributed by atoms with E-state index in [9.17, 15) is 13.5 Å². The number of phenols is 1. The molecule has 0 heterocycles.